The van der Waals surface area contributed by atoms with Crippen LogP contribution >= 0.6 is 0 Å². The SMILES string of the molecule is C#CC1CCC(OC(=O)C2CCC(OCCCCCC(=O)C=C)CC2)CC1. The summed E-state index contributed by atoms with van der Waals surface area (Å²) in [5.41, 5.74) is 0. The molecule has 2 aliphatic carbocycles. The molecule has 0 aliphatic heterocycles. The summed E-state index contributed by atoms with van der Waals surface area (Å²) >= 11 is 0. The molecule has 4 nitrogen and oxygen atoms in total. The number of allylic oxidation sites excluding steroid dienone is 1. The standard InChI is InChI=1S/C23H34O4/c1-3-18-9-13-22(14-10-18)27-23(25)19-11-15-21(16-12-19)26-17-7-5-6-8-20(24)4-2/h1,4,18-19,21-22H,2,5-17H2. The van der Waals surface area contributed by atoms with E-state index in [2.05, 4.69) is 12.5 Å². The number of terminal acetylenes is 1. The highest BCUT2D eigenvalue weighted by atomic mass is 16.5. The second kappa shape index (κ2) is 12.0. The molecule has 2 fully saturated rings. The zero-order chi connectivity index (χ0) is 19.5. The van der Waals surface area contributed by atoms with Gasteiger partial charge in [0.05, 0.1) is 12.0 Å². The van der Waals surface area contributed by atoms with Gasteiger partial charge in [-0.2, -0.15) is 0 Å². The number of carbonyl (C=O) groups is 2. The lowest BCUT2D eigenvalue weighted by molar-refractivity contribution is -0.158. The molecule has 0 heterocycles. The maximum atomic E-state index is 12.4. The fourth-order valence-corrected chi connectivity index (χ4v) is 4.00. The van der Waals surface area contributed by atoms with Gasteiger partial charge in [0.15, 0.2) is 5.78 Å². The van der Waals surface area contributed by atoms with Crippen LogP contribution in [0.4, 0.5) is 0 Å². The predicted octanol–water partition coefficient (Wildman–Crippen LogP) is 4.61. The first-order valence-electron chi connectivity index (χ1n) is 10.6. The summed E-state index contributed by atoms with van der Waals surface area (Å²) in [5.74, 6) is 3.28. The van der Waals surface area contributed by atoms with Gasteiger partial charge in [0.2, 0.25) is 0 Å². The molecule has 4 heteroatoms. The molecule has 0 bridgehead atoms. The van der Waals surface area contributed by atoms with E-state index in [-0.39, 0.29) is 29.9 Å². The molecular formula is C23H34O4. The summed E-state index contributed by atoms with van der Waals surface area (Å²) in [4.78, 5) is 23.5. The predicted molar refractivity (Wildman–Crippen MR) is 106 cm³/mol. The lowest BCUT2D eigenvalue weighted by atomic mass is 9.86. The van der Waals surface area contributed by atoms with E-state index in [1.165, 1.54) is 6.08 Å². The number of unbranched alkanes of at least 4 members (excludes halogenated alkanes) is 2. The minimum Gasteiger partial charge on any atom is -0.462 e. The Kier molecular flexibility index (Phi) is 9.62. The molecule has 0 amide bonds. The van der Waals surface area contributed by atoms with Crippen molar-refractivity contribution in [2.45, 2.75) is 89.3 Å². The van der Waals surface area contributed by atoms with Gasteiger partial charge in [0, 0.05) is 18.9 Å². The molecule has 0 N–H and O–H groups in total. The third-order valence-corrected chi connectivity index (χ3v) is 5.85. The Labute approximate surface area is 164 Å². The molecule has 0 saturated heterocycles. The van der Waals surface area contributed by atoms with Gasteiger partial charge in [0.1, 0.15) is 6.10 Å². The molecule has 0 atom stereocenters. The van der Waals surface area contributed by atoms with E-state index in [1.54, 1.807) is 0 Å². The Morgan fingerprint density at radius 2 is 1.63 bits per heavy atom. The number of hydrogen-bond donors (Lipinski definition) is 0. The molecule has 2 rings (SSSR count). The van der Waals surface area contributed by atoms with Crippen molar-refractivity contribution in [1.29, 1.82) is 0 Å². The summed E-state index contributed by atoms with van der Waals surface area (Å²) < 4.78 is 11.7. The number of ketones is 1. The van der Waals surface area contributed by atoms with Gasteiger partial charge in [-0.3, -0.25) is 9.59 Å². The second-order valence-corrected chi connectivity index (χ2v) is 7.90. The van der Waals surface area contributed by atoms with E-state index in [4.69, 9.17) is 15.9 Å². The average Bonchev–Trinajstić information content (AvgIpc) is 2.71. The average molecular weight is 375 g/mol. The first kappa shape index (κ1) is 21.7. The van der Waals surface area contributed by atoms with Crippen molar-refractivity contribution in [2.75, 3.05) is 6.61 Å². The van der Waals surface area contributed by atoms with Crippen molar-refractivity contribution in [3.05, 3.63) is 12.7 Å². The number of ether oxygens (including phenoxy) is 2. The van der Waals surface area contributed by atoms with Gasteiger partial charge in [0.25, 0.3) is 0 Å². The molecule has 0 spiro atoms. The molecule has 0 unspecified atom stereocenters. The monoisotopic (exact) mass is 374 g/mol. The second-order valence-electron chi connectivity index (χ2n) is 7.90. The highest BCUT2D eigenvalue weighted by molar-refractivity contribution is 5.88. The van der Waals surface area contributed by atoms with Crippen molar-refractivity contribution < 1.29 is 19.1 Å². The van der Waals surface area contributed by atoms with Crippen LogP contribution in [-0.4, -0.2) is 30.6 Å². The van der Waals surface area contributed by atoms with E-state index >= 15 is 0 Å². The van der Waals surface area contributed by atoms with Gasteiger partial charge < -0.3 is 9.47 Å². The van der Waals surface area contributed by atoms with Gasteiger partial charge >= 0.3 is 5.97 Å². The lowest BCUT2D eigenvalue weighted by Gasteiger charge is -2.30. The van der Waals surface area contributed by atoms with E-state index < -0.39 is 0 Å². The molecule has 2 aliphatic rings. The Hall–Kier alpha value is -1.60. The quantitative estimate of drug-likeness (QED) is 0.242. The molecule has 27 heavy (non-hydrogen) atoms. The minimum atomic E-state index is -0.0236. The maximum Gasteiger partial charge on any atom is 0.309 e. The molecule has 0 radical (unpaired) electrons. The number of rotatable bonds is 10. The Balaban J connectivity index is 1.53. The molecule has 0 aromatic carbocycles. The van der Waals surface area contributed by atoms with Gasteiger partial charge in [-0.1, -0.05) is 13.0 Å². The summed E-state index contributed by atoms with van der Waals surface area (Å²) in [7, 11) is 0. The zero-order valence-corrected chi connectivity index (χ0v) is 16.5. The lowest BCUT2D eigenvalue weighted by Crippen LogP contribution is -2.31. The van der Waals surface area contributed by atoms with Crippen molar-refractivity contribution in [2.24, 2.45) is 11.8 Å². The van der Waals surface area contributed by atoms with E-state index in [0.717, 1.165) is 77.2 Å². The van der Waals surface area contributed by atoms with Crippen molar-refractivity contribution in [3.8, 4) is 12.3 Å². The molecule has 2 saturated carbocycles. The molecule has 150 valence electrons. The molecule has 0 aromatic rings. The highest BCUT2D eigenvalue weighted by Crippen LogP contribution is 2.30. The first-order valence-corrected chi connectivity index (χ1v) is 10.6. The van der Waals surface area contributed by atoms with Gasteiger partial charge in [-0.25, -0.2) is 0 Å². The molecular weight excluding hydrogens is 340 g/mol. The van der Waals surface area contributed by atoms with Gasteiger partial charge in [-0.15, -0.1) is 12.3 Å². The first-order chi connectivity index (χ1) is 13.1. The zero-order valence-electron chi connectivity index (χ0n) is 16.5. The fourth-order valence-electron chi connectivity index (χ4n) is 4.00. The Bertz CT molecular complexity index is 517. The van der Waals surface area contributed by atoms with E-state index in [1.807, 2.05) is 0 Å². The Morgan fingerprint density at radius 3 is 2.26 bits per heavy atom. The van der Waals surface area contributed by atoms with Crippen LogP contribution in [0.25, 0.3) is 0 Å². The third-order valence-electron chi connectivity index (χ3n) is 5.85. The van der Waals surface area contributed by atoms with Crippen LogP contribution in [0.15, 0.2) is 12.7 Å². The maximum absolute atomic E-state index is 12.4. The van der Waals surface area contributed by atoms with E-state index in [9.17, 15) is 9.59 Å². The minimum absolute atomic E-state index is 0.0236. The fraction of sp³-hybridized carbons (Fsp3) is 0.739. The van der Waals surface area contributed by atoms with Crippen molar-refractivity contribution in [3.63, 3.8) is 0 Å². The Morgan fingerprint density at radius 1 is 0.963 bits per heavy atom. The van der Waals surface area contributed by atoms with Crippen LogP contribution in [-0.2, 0) is 19.1 Å². The summed E-state index contributed by atoms with van der Waals surface area (Å²) in [6, 6.07) is 0. The summed E-state index contributed by atoms with van der Waals surface area (Å²) in [5, 5.41) is 0. The van der Waals surface area contributed by atoms with Gasteiger partial charge in [-0.05, 0) is 70.3 Å². The third kappa shape index (κ3) is 7.89. The highest BCUT2D eigenvalue weighted by Gasteiger charge is 2.30. The van der Waals surface area contributed by atoms with Crippen LogP contribution in [0.2, 0.25) is 0 Å². The summed E-state index contributed by atoms with van der Waals surface area (Å²) in [6.07, 6.45) is 18.0. The topological polar surface area (TPSA) is 52.6 Å². The van der Waals surface area contributed by atoms with Crippen molar-refractivity contribution in [1.82, 2.24) is 0 Å². The largest absolute Gasteiger partial charge is 0.462 e. The summed E-state index contributed by atoms with van der Waals surface area (Å²) in [6.45, 7) is 4.22. The van der Waals surface area contributed by atoms with E-state index in [0.29, 0.717) is 12.3 Å². The number of carbonyl (C=O) groups excluding carboxylic acids is 2. The van der Waals surface area contributed by atoms with Crippen LogP contribution in [0.5, 0.6) is 0 Å². The molecule has 0 aromatic heterocycles. The van der Waals surface area contributed by atoms with Crippen molar-refractivity contribution >= 4 is 11.8 Å². The number of hydrogen-bond acceptors (Lipinski definition) is 4. The smallest absolute Gasteiger partial charge is 0.309 e. The number of esters is 1. The van der Waals surface area contributed by atoms with Crippen LogP contribution in [0, 0.1) is 24.2 Å². The van der Waals surface area contributed by atoms with Crippen LogP contribution in [0.3, 0.4) is 0 Å². The normalized spacial score (nSPS) is 28.1. The van der Waals surface area contributed by atoms with Crippen LogP contribution in [0.1, 0.15) is 77.0 Å². The van der Waals surface area contributed by atoms with Crippen LogP contribution < -0.4 is 0 Å².